The van der Waals surface area contributed by atoms with Gasteiger partial charge in [0, 0.05) is 44.0 Å². The van der Waals surface area contributed by atoms with E-state index in [1.807, 2.05) is 11.8 Å². The summed E-state index contributed by atoms with van der Waals surface area (Å²) in [6.07, 6.45) is 5.18. The highest BCUT2D eigenvalue weighted by atomic mass is 19.1. The van der Waals surface area contributed by atoms with Gasteiger partial charge in [-0.3, -0.25) is 19.2 Å². The van der Waals surface area contributed by atoms with E-state index in [0.29, 0.717) is 62.5 Å². The summed E-state index contributed by atoms with van der Waals surface area (Å²) in [6.45, 7) is 7.65. The molecule has 1 aliphatic heterocycles. The zero-order chi connectivity index (χ0) is 25.5. The van der Waals surface area contributed by atoms with Crippen molar-refractivity contribution in [3.05, 3.63) is 51.2 Å². The van der Waals surface area contributed by atoms with Gasteiger partial charge in [0.05, 0.1) is 31.1 Å². The van der Waals surface area contributed by atoms with Gasteiger partial charge in [-0.15, -0.1) is 0 Å². The highest BCUT2D eigenvalue weighted by Gasteiger charge is 2.27. The second kappa shape index (κ2) is 12.3. The number of rotatable bonds is 12. The molecule has 9 nitrogen and oxygen atoms in total. The van der Waals surface area contributed by atoms with Crippen molar-refractivity contribution in [3.63, 3.8) is 0 Å². The van der Waals surface area contributed by atoms with Crippen LogP contribution in [0.5, 0.6) is 11.5 Å². The molecule has 0 radical (unpaired) electrons. The first kappa shape index (κ1) is 26.8. The molecule has 2 aromatic rings. The minimum Gasteiger partial charge on any atom is -0.505 e. The highest BCUT2D eigenvalue weighted by Crippen LogP contribution is 2.37. The van der Waals surface area contributed by atoms with Crippen LogP contribution in [0, 0.1) is 0 Å². The van der Waals surface area contributed by atoms with Gasteiger partial charge >= 0.3 is 0 Å². The number of halogens is 1. The second-order valence-corrected chi connectivity index (χ2v) is 8.79. The Kier molecular flexibility index (Phi) is 9.39. The molecule has 0 saturated carbocycles. The van der Waals surface area contributed by atoms with Crippen molar-refractivity contribution in [1.29, 1.82) is 0 Å². The molecule has 35 heavy (non-hydrogen) atoms. The van der Waals surface area contributed by atoms with Gasteiger partial charge in [-0.25, -0.2) is 4.39 Å². The summed E-state index contributed by atoms with van der Waals surface area (Å²) >= 11 is 0. The van der Waals surface area contributed by atoms with Crippen LogP contribution in [0.15, 0.2) is 34.5 Å². The van der Waals surface area contributed by atoms with Crippen LogP contribution in [0.3, 0.4) is 0 Å². The predicted octanol–water partition coefficient (Wildman–Crippen LogP) is 1.79. The summed E-state index contributed by atoms with van der Waals surface area (Å²) in [5, 5.41) is 32.6. The maximum atomic E-state index is 13.4. The predicted molar refractivity (Wildman–Crippen MR) is 133 cm³/mol. The van der Waals surface area contributed by atoms with Crippen molar-refractivity contribution in [2.24, 2.45) is 0 Å². The molecule has 1 atom stereocenters. The SMILES string of the molecule is CC(F)=CC=C(C)Cc1cnc2c(O)c(C(C)NCCN(CCO)CCO)c(=O)n3c2c1OCC3. The Bertz CT molecular complexity index is 1150. The average Bonchev–Trinajstić information content (AvgIpc) is 2.82. The van der Waals surface area contributed by atoms with E-state index in [-0.39, 0.29) is 35.9 Å². The number of pyridine rings is 2. The molecular formula is C25H35FN4O5. The fourth-order valence-electron chi connectivity index (χ4n) is 4.33. The van der Waals surface area contributed by atoms with Crippen molar-refractivity contribution in [2.45, 2.75) is 39.8 Å². The number of ether oxygens (including phenoxy) is 1. The van der Waals surface area contributed by atoms with Gasteiger partial charge in [0.1, 0.15) is 17.6 Å². The molecule has 0 aliphatic carbocycles. The monoisotopic (exact) mass is 490 g/mol. The van der Waals surface area contributed by atoms with E-state index in [9.17, 15) is 14.3 Å². The summed E-state index contributed by atoms with van der Waals surface area (Å²) in [5.74, 6) is 0.0469. The number of nitrogens with zero attached hydrogens (tertiary/aromatic N) is 3. The van der Waals surface area contributed by atoms with Crippen LogP contribution >= 0.6 is 0 Å². The van der Waals surface area contributed by atoms with Gasteiger partial charge in [-0.05, 0) is 33.3 Å². The van der Waals surface area contributed by atoms with Crippen molar-refractivity contribution >= 4 is 11.0 Å². The van der Waals surface area contributed by atoms with Crippen molar-refractivity contribution in [2.75, 3.05) is 46.0 Å². The van der Waals surface area contributed by atoms with E-state index in [1.165, 1.54) is 13.0 Å². The zero-order valence-electron chi connectivity index (χ0n) is 20.6. The number of aliphatic hydroxyl groups excluding tert-OH is 2. The van der Waals surface area contributed by atoms with Gasteiger partial charge in [0.25, 0.3) is 5.56 Å². The summed E-state index contributed by atoms with van der Waals surface area (Å²) in [5.41, 5.74) is 2.36. The van der Waals surface area contributed by atoms with Crippen LogP contribution < -0.4 is 15.6 Å². The zero-order valence-corrected chi connectivity index (χ0v) is 20.6. The minimum atomic E-state index is -0.450. The number of allylic oxidation sites excluding steroid dienone is 4. The van der Waals surface area contributed by atoms with E-state index < -0.39 is 6.04 Å². The molecule has 4 N–H and O–H groups in total. The number of nitrogens with one attached hydrogen (secondary N) is 1. The Balaban J connectivity index is 1.92. The van der Waals surface area contributed by atoms with Crippen molar-refractivity contribution < 1.29 is 24.4 Å². The molecule has 1 unspecified atom stereocenters. The summed E-state index contributed by atoms with van der Waals surface area (Å²) in [6, 6.07) is -0.450. The van der Waals surface area contributed by atoms with E-state index in [2.05, 4.69) is 10.3 Å². The molecule has 2 aromatic heterocycles. The lowest BCUT2D eigenvalue weighted by Gasteiger charge is -2.26. The largest absolute Gasteiger partial charge is 0.505 e. The summed E-state index contributed by atoms with van der Waals surface area (Å²) in [4.78, 5) is 19.8. The molecule has 3 heterocycles. The summed E-state index contributed by atoms with van der Waals surface area (Å²) < 4.78 is 20.6. The number of hydrogen-bond donors (Lipinski definition) is 4. The van der Waals surface area contributed by atoms with Crippen LogP contribution in [0.25, 0.3) is 11.0 Å². The Labute approximate surface area is 204 Å². The molecule has 1 aliphatic rings. The molecule has 0 fully saturated rings. The molecule has 0 bridgehead atoms. The fourth-order valence-corrected chi connectivity index (χ4v) is 4.33. The first-order valence-electron chi connectivity index (χ1n) is 11.9. The van der Waals surface area contributed by atoms with E-state index in [0.717, 1.165) is 11.1 Å². The highest BCUT2D eigenvalue weighted by molar-refractivity contribution is 5.89. The number of aromatic hydroxyl groups is 1. The summed E-state index contributed by atoms with van der Waals surface area (Å²) in [7, 11) is 0. The average molecular weight is 491 g/mol. The van der Waals surface area contributed by atoms with Crippen molar-refractivity contribution in [1.82, 2.24) is 19.8 Å². The van der Waals surface area contributed by atoms with Gasteiger partial charge in [0.2, 0.25) is 0 Å². The van der Waals surface area contributed by atoms with Gasteiger partial charge in [0.15, 0.2) is 11.5 Å². The van der Waals surface area contributed by atoms with Crippen LogP contribution in [-0.4, -0.2) is 75.8 Å². The molecule has 0 aromatic carbocycles. The van der Waals surface area contributed by atoms with E-state index in [4.69, 9.17) is 14.9 Å². The Morgan fingerprint density at radius 2 is 2.00 bits per heavy atom. The topological polar surface area (TPSA) is 120 Å². The normalized spacial score (nSPS) is 15.1. The first-order valence-corrected chi connectivity index (χ1v) is 11.9. The third-order valence-electron chi connectivity index (χ3n) is 6.08. The fraction of sp³-hybridized carbons (Fsp3) is 0.520. The molecule has 192 valence electrons. The second-order valence-electron chi connectivity index (χ2n) is 8.79. The molecule has 10 heteroatoms. The molecule has 0 spiro atoms. The first-order chi connectivity index (χ1) is 16.8. The van der Waals surface area contributed by atoms with Gasteiger partial charge in [-0.1, -0.05) is 11.6 Å². The quantitative estimate of drug-likeness (QED) is 0.333. The van der Waals surface area contributed by atoms with E-state index >= 15 is 0 Å². The Morgan fingerprint density at radius 1 is 1.29 bits per heavy atom. The van der Waals surface area contributed by atoms with E-state index in [1.54, 1.807) is 23.8 Å². The van der Waals surface area contributed by atoms with Crippen molar-refractivity contribution in [3.8, 4) is 11.5 Å². The lowest BCUT2D eigenvalue weighted by Crippen LogP contribution is -2.38. The minimum absolute atomic E-state index is 0.00864. The van der Waals surface area contributed by atoms with Gasteiger partial charge in [-0.2, -0.15) is 0 Å². The Morgan fingerprint density at radius 3 is 2.66 bits per heavy atom. The maximum Gasteiger partial charge on any atom is 0.259 e. The lowest BCUT2D eigenvalue weighted by molar-refractivity contribution is 0.161. The maximum absolute atomic E-state index is 13.4. The molecular weight excluding hydrogens is 455 g/mol. The van der Waals surface area contributed by atoms with Crippen LogP contribution in [0.1, 0.15) is 37.9 Å². The smallest absolute Gasteiger partial charge is 0.259 e. The Hall–Kier alpha value is -2.79. The van der Waals surface area contributed by atoms with Crippen LogP contribution in [0.2, 0.25) is 0 Å². The molecule has 0 saturated heterocycles. The molecule has 3 rings (SSSR count). The van der Waals surface area contributed by atoms with Gasteiger partial charge < -0.3 is 25.4 Å². The van der Waals surface area contributed by atoms with Crippen LogP contribution in [-0.2, 0) is 13.0 Å². The third kappa shape index (κ3) is 6.26. The number of aromatic nitrogens is 2. The number of hydrogen-bond acceptors (Lipinski definition) is 8. The molecule has 0 amide bonds. The standard InChI is InChI=1S/C25H35FN4O5/c1-16(4-5-17(2)26)14-19-15-28-21-22-24(19)35-13-10-30(22)25(34)20(23(21)33)18(3)27-6-7-29(8-11-31)9-12-32/h4-5,15,18,27,31-33H,6-14H2,1-3H3. The lowest BCUT2D eigenvalue weighted by atomic mass is 10.0. The third-order valence-corrected chi connectivity index (χ3v) is 6.08. The number of aliphatic hydroxyl groups is 2. The van der Waals surface area contributed by atoms with Crippen LogP contribution in [0.4, 0.5) is 4.39 Å².